The summed E-state index contributed by atoms with van der Waals surface area (Å²) in [5, 5.41) is 3.76. The summed E-state index contributed by atoms with van der Waals surface area (Å²) >= 11 is 0. The van der Waals surface area contributed by atoms with E-state index in [-0.39, 0.29) is 0 Å². The first kappa shape index (κ1) is 12.0. The van der Waals surface area contributed by atoms with E-state index in [1.807, 2.05) is 0 Å². The van der Waals surface area contributed by atoms with Gasteiger partial charge in [-0.3, -0.25) is 0 Å². The average molecular weight is 198 g/mol. The van der Waals surface area contributed by atoms with Gasteiger partial charge in [0.1, 0.15) is 0 Å². The van der Waals surface area contributed by atoms with E-state index in [0.717, 1.165) is 12.0 Å². The Hall–Kier alpha value is -0.0800. The first-order valence-corrected chi connectivity index (χ1v) is 6.08. The molecule has 0 spiro atoms. The molecule has 0 saturated carbocycles. The predicted octanol–water partition coefficient (Wildman–Crippen LogP) is 2.10. The summed E-state index contributed by atoms with van der Waals surface area (Å²) in [6.07, 6.45) is 3.98. The van der Waals surface area contributed by atoms with Gasteiger partial charge in [0.15, 0.2) is 0 Å². The van der Waals surface area contributed by atoms with Crippen molar-refractivity contribution in [1.29, 1.82) is 0 Å². The third kappa shape index (κ3) is 3.58. The first-order valence-electron chi connectivity index (χ1n) is 6.08. The summed E-state index contributed by atoms with van der Waals surface area (Å²) < 4.78 is 0. The van der Waals surface area contributed by atoms with E-state index in [1.165, 1.54) is 32.4 Å². The quantitative estimate of drug-likeness (QED) is 0.744. The van der Waals surface area contributed by atoms with Gasteiger partial charge in [-0.25, -0.2) is 0 Å². The Bertz CT molecular complexity index is 158. The maximum Gasteiger partial charge on any atom is 0.0197 e. The Morgan fingerprint density at radius 3 is 2.71 bits per heavy atom. The van der Waals surface area contributed by atoms with Crippen molar-refractivity contribution in [3.8, 4) is 0 Å². The Morgan fingerprint density at radius 2 is 2.14 bits per heavy atom. The predicted molar refractivity (Wildman–Crippen MR) is 62.6 cm³/mol. The molecule has 0 amide bonds. The van der Waals surface area contributed by atoms with Gasteiger partial charge in [0.2, 0.25) is 0 Å². The molecule has 0 aromatic rings. The molecule has 14 heavy (non-hydrogen) atoms. The van der Waals surface area contributed by atoms with E-state index in [9.17, 15) is 0 Å². The molecule has 1 aliphatic rings. The second kappa shape index (κ2) is 5.72. The molecule has 2 nitrogen and oxygen atoms in total. The van der Waals surface area contributed by atoms with Crippen LogP contribution in [0, 0.1) is 5.92 Å². The van der Waals surface area contributed by atoms with Crippen LogP contribution in [0.15, 0.2) is 0 Å². The summed E-state index contributed by atoms with van der Waals surface area (Å²) in [7, 11) is 2.22. The minimum absolute atomic E-state index is 0.663. The normalized spacial score (nSPS) is 28.7. The number of nitrogens with one attached hydrogen (secondary N) is 1. The van der Waals surface area contributed by atoms with Crippen LogP contribution >= 0.6 is 0 Å². The highest BCUT2D eigenvalue weighted by Crippen LogP contribution is 2.12. The zero-order valence-electron chi connectivity index (χ0n) is 10.2. The third-order valence-electron chi connectivity index (χ3n) is 3.62. The third-order valence-corrected chi connectivity index (χ3v) is 3.62. The smallest absolute Gasteiger partial charge is 0.0197 e. The van der Waals surface area contributed by atoms with Crippen molar-refractivity contribution in [2.45, 2.75) is 52.1 Å². The fourth-order valence-electron chi connectivity index (χ4n) is 2.19. The number of hydrogen-bond acceptors (Lipinski definition) is 2. The summed E-state index contributed by atoms with van der Waals surface area (Å²) in [5.41, 5.74) is 0. The van der Waals surface area contributed by atoms with Crippen molar-refractivity contribution in [1.82, 2.24) is 10.2 Å². The highest BCUT2D eigenvalue weighted by atomic mass is 15.1. The van der Waals surface area contributed by atoms with Crippen LogP contribution in [0.4, 0.5) is 0 Å². The number of nitrogens with zero attached hydrogens (tertiary/aromatic N) is 1. The number of rotatable bonds is 4. The molecule has 0 radical (unpaired) electrons. The lowest BCUT2D eigenvalue weighted by molar-refractivity contribution is 0.206. The van der Waals surface area contributed by atoms with Crippen LogP contribution < -0.4 is 5.32 Å². The van der Waals surface area contributed by atoms with Crippen LogP contribution in [-0.4, -0.2) is 37.1 Å². The molecule has 1 aliphatic heterocycles. The molecule has 1 heterocycles. The van der Waals surface area contributed by atoms with E-state index in [0.29, 0.717) is 6.04 Å². The van der Waals surface area contributed by atoms with Crippen LogP contribution in [0.2, 0.25) is 0 Å². The molecule has 0 bridgehead atoms. The molecule has 1 N–H and O–H groups in total. The Kier molecular flexibility index (Phi) is 4.90. The average Bonchev–Trinajstić information content (AvgIpc) is 2.16. The number of likely N-dealkylation sites (N-methyl/N-ethyl adjacent to an activating group) is 1. The second-order valence-electron chi connectivity index (χ2n) is 4.94. The highest BCUT2D eigenvalue weighted by molar-refractivity contribution is 4.80. The minimum Gasteiger partial charge on any atom is -0.310 e. The zero-order chi connectivity index (χ0) is 10.6. The molecule has 3 unspecified atom stereocenters. The molecular weight excluding hydrogens is 172 g/mol. The van der Waals surface area contributed by atoms with Crippen LogP contribution in [0.1, 0.15) is 40.0 Å². The minimum atomic E-state index is 0.663. The van der Waals surface area contributed by atoms with Gasteiger partial charge in [-0.2, -0.15) is 0 Å². The lowest BCUT2D eigenvalue weighted by atomic mass is 9.98. The van der Waals surface area contributed by atoms with Gasteiger partial charge in [0.25, 0.3) is 0 Å². The molecule has 0 aliphatic carbocycles. The number of likely N-dealkylation sites (tertiary alicyclic amines) is 1. The molecular formula is C12H26N2. The largest absolute Gasteiger partial charge is 0.310 e. The lowest BCUT2D eigenvalue weighted by Crippen LogP contribution is -2.48. The first-order chi connectivity index (χ1) is 6.63. The molecule has 1 fully saturated rings. The number of piperidine rings is 1. The van der Waals surface area contributed by atoms with E-state index in [2.05, 4.69) is 38.0 Å². The van der Waals surface area contributed by atoms with Gasteiger partial charge in [-0.15, -0.1) is 0 Å². The van der Waals surface area contributed by atoms with Crippen LogP contribution in [0.3, 0.4) is 0 Å². The van der Waals surface area contributed by atoms with Crippen LogP contribution in [0.5, 0.6) is 0 Å². The Balaban J connectivity index is 2.28. The van der Waals surface area contributed by atoms with Crippen molar-refractivity contribution in [2.75, 3.05) is 20.1 Å². The highest BCUT2D eigenvalue weighted by Gasteiger charge is 2.20. The molecule has 84 valence electrons. The summed E-state index contributed by atoms with van der Waals surface area (Å²) in [6, 6.07) is 1.38. The van der Waals surface area contributed by atoms with Gasteiger partial charge in [0.05, 0.1) is 0 Å². The van der Waals surface area contributed by atoms with Crippen molar-refractivity contribution < 1.29 is 0 Å². The molecule has 2 heteroatoms. The SMILES string of the molecule is CCC(C)C(C)NC1CCCN(C)C1. The monoisotopic (exact) mass is 198 g/mol. The number of hydrogen-bond donors (Lipinski definition) is 1. The van der Waals surface area contributed by atoms with Gasteiger partial charge in [-0.05, 0) is 39.3 Å². The van der Waals surface area contributed by atoms with E-state index < -0.39 is 0 Å². The topological polar surface area (TPSA) is 15.3 Å². The summed E-state index contributed by atoms with van der Waals surface area (Å²) in [6.45, 7) is 9.43. The molecule has 0 aromatic heterocycles. The van der Waals surface area contributed by atoms with Crippen molar-refractivity contribution in [3.05, 3.63) is 0 Å². The lowest BCUT2D eigenvalue weighted by Gasteiger charge is -2.33. The summed E-state index contributed by atoms with van der Waals surface area (Å²) in [4.78, 5) is 2.44. The van der Waals surface area contributed by atoms with Gasteiger partial charge in [-0.1, -0.05) is 20.3 Å². The summed E-state index contributed by atoms with van der Waals surface area (Å²) in [5.74, 6) is 0.794. The Morgan fingerprint density at radius 1 is 1.43 bits per heavy atom. The molecule has 3 atom stereocenters. The van der Waals surface area contributed by atoms with Crippen LogP contribution in [-0.2, 0) is 0 Å². The van der Waals surface area contributed by atoms with Crippen molar-refractivity contribution in [2.24, 2.45) is 5.92 Å². The van der Waals surface area contributed by atoms with E-state index in [4.69, 9.17) is 0 Å². The van der Waals surface area contributed by atoms with E-state index >= 15 is 0 Å². The fourth-order valence-corrected chi connectivity index (χ4v) is 2.19. The Labute approximate surface area is 89.1 Å². The van der Waals surface area contributed by atoms with Crippen molar-refractivity contribution >= 4 is 0 Å². The van der Waals surface area contributed by atoms with Gasteiger partial charge >= 0.3 is 0 Å². The van der Waals surface area contributed by atoms with Gasteiger partial charge in [0, 0.05) is 18.6 Å². The molecule has 1 rings (SSSR count). The maximum atomic E-state index is 3.76. The van der Waals surface area contributed by atoms with Gasteiger partial charge < -0.3 is 10.2 Å². The fraction of sp³-hybridized carbons (Fsp3) is 1.00. The molecule has 0 aromatic carbocycles. The van der Waals surface area contributed by atoms with Crippen molar-refractivity contribution in [3.63, 3.8) is 0 Å². The standard InChI is InChI=1S/C12H26N2/c1-5-10(2)11(3)13-12-7-6-8-14(4)9-12/h10-13H,5-9H2,1-4H3. The van der Waals surface area contributed by atoms with Crippen LogP contribution in [0.25, 0.3) is 0 Å². The zero-order valence-corrected chi connectivity index (χ0v) is 10.2. The van der Waals surface area contributed by atoms with E-state index in [1.54, 1.807) is 0 Å². The maximum absolute atomic E-state index is 3.76. The molecule has 1 saturated heterocycles. The second-order valence-corrected chi connectivity index (χ2v) is 4.94.